The summed E-state index contributed by atoms with van der Waals surface area (Å²) in [6.07, 6.45) is -0.657. The van der Waals surface area contributed by atoms with E-state index in [4.69, 9.17) is 17.2 Å². The lowest BCUT2D eigenvalue weighted by atomic mass is 10.1. The van der Waals surface area contributed by atoms with Gasteiger partial charge in [0.2, 0.25) is 29.5 Å². The zero-order valence-corrected chi connectivity index (χ0v) is 20.4. The fourth-order valence-electron chi connectivity index (χ4n) is 3.05. The maximum Gasteiger partial charge on any atom is 0.326 e. The van der Waals surface area contributed by atoms with Crippen LogP contribution in [-0.4, -0.2) is 70.5 Å². The van der Waals surface area contributed by atoms with Crippen LogP contribution in [0.25, 0.3) is 0 Å². The maximum absolute atomic E-state index is 12.8. The smallest absolute Gasteiger partial charge is 0.326 e. The van der Waals surface area contributed by atoms with Gasteiger partial charge in [-0.25, -0.2) is 4.79 Å². The van der Waals surface area contributed by atoms with Crippen molar-refractivity contribution in [2.75, 3.05) is 5.75 Å². The summed E-state index contributed by atoms with van der Waals surface area (Å²) in [4.78, 5) is 71.7. The Balaban J connectivity index is 2.88. The first-order valence-corrected chi connectivity index (χ1v) is 11.7. The molecule has 0 fully saturated rings. The third-order valence-electron chi connectivity index (χ3n) is 5.06. The molecule has 1 aromatic rings. The lowest BCUT2D eigenvalue weighted by molar-refractivity contribution is -0.142. The number of hydrogen-bond donors (Lipinski definition) is 8. The number of rotatable bonds is 16. The molecule has 1 rings (SSSR count). The summed E-state index contributed by atoms with van der Waals surface area (Å²) >= 11 is 4.06. The second-order valence-electron chi connectivity index (χ2n) is 8.01. The highest BCUT2D eigenvalue weighted by Crippen LogP contribution is 2.06. The molecule has 10 N–H and O–H groups in total. The molecule has 0 aliphatic heterocycles. The molecule has 0 bridgehead atoms. The van der Waals surface area contributed by atoms with E-state index in [1.165, 1.54) is 0 Å². The van der Waals surface area contributed by atoms with Crippen LogP contribution in [0.3, 0.4) is 0 Å². The average Bonchev–Trinajstić information content (AvgIpc) is 2.82. The number of benzene rings is 1. The van der Waals surface area contributed by atoms with Crippen molar-refractivity contribution in [1.29, 1.82) is 0 Å². The Labute approximate surface area is 213 Å². The molecule has 5 amide bonds. The van der Waals surface area contributed by atoms with Crippen molar-refractivity contribution >= 4 is 48.1 Å². The number of nitrogens with two attached hydrogens (primary N) is 3. The monoisotopic (exact) mass is 524 g/mol. The van der Waals surface area contributed by atoms with E-state index in [2.05, 4.69) is 28.6 Å². The summed E-state index contributed by atoms with van der Waals surface area (Å²) < 4.78 is 0. The zero-order chi connectivity index (χ0) is 27.3. The molecular formula is C22H32N6O7S. The first-order chi connectivity index (χ1) is 16.9. The molecule has 0 saturated heterocycles. The lowest BCUT2D eigenvalue weighted by Gasteiger charge is -2.24. The molecule has 1 aromatic carbocycles. The molecule has 0 spiro atoms. The second kappa shape index (κ2) is 15.4. The Kier molecular flexibility index (Phi) is 13.0. The molecule has 36 heavy (non-hydrogen) atoms. The van der Waals surface area contributed by atoms with Crippen LogP contribution in [-0.2, 0) is 35.2 Å². The van der Waals surface area contributed by atoms with E-state index in [0.717, 1.165) is 0 Å². The van der Waals surface area contributed by atoms with Gasteiger partial charge in [-0.15, -0.1) is 0 Å². The number of carbonyl (C=O) groups excluding carboxylic acids is 5. The van der Waals surface area contributed by atoms with Gasteiger partial charge in [-0.1, -0.05) is 30.3 Å². The standard InChI is InChI=1S/C22H32N6O7S/c23-13(6-8-17(24)29)19(31)26-14(7-9-18(25)30)20(32)28-16(11-36)21(33)27-15(22(34)35)10-12-4-2-1-3-5-12/h1-5,13-16,36H,6-11,23H2,(H2,24,29)(H2,25,30)(H,26,31)(H,27,33)(H,28,32)(H,34,35). The van der Waals surface area contributed by atoms with Crippen molar-refractivity contribution in [2.45, 2.75) is 56.3 Å². The number of aliphatic carboxylic acids is 1. The highest BCUT2D eigenvalue weighted by Gasteiger charge is 2.30. The van der Waals surface area contributed by atoms with Gasteiger partial charge >= 0.3 is 5.97 Å². The van der Waals surface area contributed by atoms with Crippen molar-refractivity contribution in [1.82, 2.24) is 16.0 Å². The lowest BCUT2D eigenvalue weighted by Crippen LogP contribution is -2.58. The average molecular weight is 525 g/mol. The molecule has 0 heterocycles. The zero-order valence-electron chi connectivity index (χ0n) is 19.5. The molecule has 0 aliphatic rings. The first kappa shape index (κ1) is 30.4. The van der Waals surface area contributed by atoms with Crippen molar-refractivity contribution in [3.63, 3.8) is 0 Å². The molecule has 0 saturated carbocycles. The van der Waals surface area contributed by atoms with Gasteiger partial charge in [-0.05, 0) is 18.4 Å². The van der Waals surface area contributed by atoms with Crippen LogP contribution in [0.1, 0.15) is 31.2 Å². The van der Waals surface area contributed by atoms with E-state index in [1.807, 2.05) is 0 Å². The Bertz CT molecular complexity index is 946. The molecule has 0 radical (unpaired) electrons. The van der Waals surface area contributed by atoms with E-state index in [0.29, 0.717) is 5.56 Å². The van der Waals surface area contributed by atoms with Crippen LogP contribution in [0.4, 0.5) is 0 Å². The summed E-state index contributed by atoms with van der Waals surface area (Å²) in [5, 5.41) is 16.6. The van der Waals surface area contributed by atoms with Crippen LogP contribution in [0, 0.1) is 0 Å². The third kappa shape index (κ3) is 11.2. The van der Waals surface area contributed by atoms with Gasteiger partial charge in [-0.3, -0.25) is 24.0 Å². The van der Waals surface area contributed by atoms with E-state index in [1.54, 1.807) is 30.3 Å². The second-order valence-corrected chi connectivity index (χ2v) is 8.38. The Hall–Kier alpha value is -3.65. The van der Waals surface area contributed by atoms with Crippen LogP contribution in [0.5, 0.6) is 0 Å². The maximum atomic E-state index is 12.8. The number of carboxylic acid groups (broad SMARTS) is 1. The number of nitrogens with one attached hydrogen (secondary N) is 3. The molecule has 14 heteroatoms. The number of amides is 5. The van der Waals surface area contributed by atoms with Crippen LogP contribution in [0.2, 0.25) is 0 Å². The Morgan fingerprint density at radius 1 is 0.778 bits per heavy atom. The summed E-state index contributed by atoms with van der Waals surface area (Å²) in [5.74, 6) is -5.26. The minimum Gasteiger partial charge on any atom is -0.480 e. The van der Waals surface area contributed by atoms with Gasteiger partial charge in [0.1, 0.15) is 18.1 Å². The van der Waals surface area contributed by atoms with Crippen molar-refractivity contribution in [3.05, 3.63) is 35.9 Å². The highest BCUT2D eigenvalue weighted by atomic mass is 32.1. The normalized spacial score (nSPS) is 13.9. The predicted octanol–water partition coefficient (Wildman–Crippen LogP) is -2.44. The van der Waals surface area contributed by atoms with Gasteiger partial charge in [0.05, 0.1) is 6.04 Å². The molecule has 4 atom stereocenters. The van der Waals surface area contributed by atoms with Crippen LogP contribution in [0.15, 0.2) is 30.3 Å². The molecule has 13 nitrogen and oxygen atoms in total. The van der Waals surface area contributed by atoms with Gasteiger partial charge in [0, 0.05) is 25.0 Å². The predicted molar refractivity (Wildman–Crippen MR) is 132 cm³/mol. The Morgan fingerprint density at radius 3 is 1.81 bits per heavy atom. The molecule has 0 aromatic heterocycles. The van der Waals surface area contributed by atoms with Crippen molar-refractivity contribution < 1.29 is 33.9 Å². The Morgan fingerprint density at radius 2 is 1.28 bits per heavy atom. The number of carboxylic acids is 1. The minimum absolute atomic E-state index is 0.00956. The molecule has 198 valence electrons. The molecule has 4 unspecified atom stereocenters. The third-order valence-corrected chi connectivity index (χ3v) is 5.43. The van der Waals surface area contributed by atoms with Gasteiger partial charge in [0.25, 0.3) is 0 Å². The first-order valence-electron chi connectivity index (χ1n) is 11.1. The summed E-state index contributed by atoms with van der Waals surface area (Å²) in [6.45, 7) is 0. The number of primary amides is 2. The summed E-state index contributed by atoms with van der Waals surface area (Å²) in [7, 11) is 0. The largest absolute Gasteiger partial charge is 0.480 e. The van der Waals surface area contributed by atoms with Gasteiger partial charge in [-0.2, -0.15) is 12.6 Å². The van der Waals surface area contributed by atoms with Crippen molar-refractivity contribution in [3.8, 4) is 0 Å². The quantitative estimate of drug-likeness (QED) is 0.108. The van der Waals surface area contributed by atoms with Gasteiger partial charge < -0.3 is 38.3 Å². The number of thiol groups is 1. The fraction of sp³-hybridized carbons (Fsp3) is 0.455. The molecule has 0 aliphatic carbocycles. The highest BCUT2D eigenvalue weighted by molar-refractivity contribution is 7.80. The minimum atomic E-state index is -1.29. The fourth-order valence-corrected chi connectivity index (χ4v) is 3.31. The molecular weight excluding hydrogens is 492 g/mol. The van der Waals surface area contributed by atoms with Crippen molar-refractivity contribution in [2.24, 2.45) is 17.2 Å². The topological polar surface area (TPSA) is 237 Å². The summed E-state index contributed by atoms with van der Waals surface area (Å²) in [5.41, 5.74) is 16.6. The number of hydrogen-bond acceptors (Lipinski definition) is 8. The van der Waals surface area contributed by atoms with E-state index < -0.39 is 59.7 Å². The van der Waals surface area contributed by atoms with E-state index >= 15 is 0 Å². The summed E-state index contributed by atoms with van der Waals surface area (Å²) in [6, 6.07) is 3.67. The van der Waals surface area contributed by atoms with E-state index in [9.17, 15) is 33.9 Å². The van der Waals surface area contributed by atoms with Crippen LogP contribution >= 0.6 is 12.6 Å². The van der Waals surface area contributed by atoms with E-state index in [-0.39, 0.29) is 37.9 Å². The SMILES string of the molecule is NC(=O)CCC(N)C(=O)NC(CCC(N)=O)C(=O)NC(CS)C(=O)NC(Cc1ccccc1)C(=O)O. The number of carbonyl (C=O) groups is 6. The van der Waals surface area contributed by atoms with Gasteiger partial charge in [0.15, 0.2) is 0 Å². The van der Waals surface area contributed by atoms with Crippen LogP contribution < -0.4 is 33.2 Å².